The number of aromatic hydroxyl groups is 1. The molecule has 0 bridgehead atoms. The lowest BCUT2D eigenvalue weighted by atomic mass is 10.1. The Morgan fingerprint density at radius 3 is 2.63 bits per heavy atom. The molecule has 2 aromatic heterocycles. The quantitative estimate of drug-likeness (QED) is 0.725. The Bertz CT molecular complexity index is 1060. The Kier molecular flexibility index (Phi) is 4.24. The maximum absolute atomic E-state index is 10.3. The van der Waals surface area contributed by atoms with Gasteiger partial charge in [0, 0.05) is 24.2 Å². The van der Waals surface area contributed by atoms with Crippen molar-refractivity contribution in [3.8, 4) is 11.6 Å². The summed E-state index contributed by atoms with van der Waals surface area (Å²) in [7, 11) is 1.66. The molecule has 0 saturated carbocycles. The third-order valence-electron chi connectivity index (χ3n) is 4.74. The summed E-state index contributed by atoms with van der Waals surface area (Å²) < 4.78 is 8.92. The van der Waals surface area contributed by atoms with Gasteiger partial charge in [-0.3, -0.25) is 0 Å². The summed E-state index contributed by atoms with van der Waals surface area (Å²) in [6.45, 7) is 4.57. The Hall–Kier alpha value is -3.41. The minimum Gasteiger partial charge on any atom is -0.497 e. The van der Waals surface area contributed by atoms with E-state index in [9.17, 15) is 5.11 Å². The number of benzene rings is 1. The smallest absolute Gasteiger partial charge is 0.237 e. The first-order valence-corrected chi connectivity index (χ1v) is 8.84. The fraction of sp³-hybridized carbons (Fsp3) is 0.190. The number of aryl methyl sites for hydroxylation is 1. The molecule has 3 aromatic rings. The van der Waals surface area contributed by atoms with Crippen LogP contribution in [0.1, 0.15) is 25.1 Å². The zero-order valence-electron chi connectivity index (χ0n) is 15.5. The largest absolute Gasteiger partial charge is 0.497 e. The highest BCUT2D eigenvalue weighted by Gasteiger charge is 2.34. The maximum atomic E-state index is 10.3. The number of nitrogens with zero attached hydrogens (tertiary/aromatic N) is 4. The van der Waals surface area contributed by atoms with E-state index in [2.05, 4.69) is 9.67 Å². The van der Waals surface area contributed by atoms with Crippen LogP contribution in [0.25, 0.3) is 5.70 Å². The number of aromatic nitrogens is 3. The highest BCUT2D eigenvalue weighted by atomic mass is 16.5. The molecular formula is C21H21N4O2+. The van der Waals surface area contributed by atoms with Crippen LogP contribution in [0.2, 0.25) is 0 Å². The van der Waals surface area contributed by atoms with Gasteiger partial charge in [-0.25, -0.2) is 9.67 Å². The fourth-order valence-corrected chi connectivity index (χ4v) is 3.36. The van der Waals surface area contributed by atoms with Crippen LogP contribution in [-0.2, 0) is 6.54 Å². The normalized spacial score (nSPS) is 14.7. The van der Waals surface area contributed by atoms with Crippen molar-refractivity contribution in [3.05, 3.63) is 71.7 Å². The van der Waals surface area contributed by atoms with Crippen LogP contribution in [0, 0.1) is 0 Å². The molecule has 0 saturated heterocycles. The Labute approximate surface area is 157 Å². The molecule has 0 amide bonds. The maximum Gasteiger partial charge on any atom is 0.237 e. The summed E-state index contributed by atoms with van der Waals surface area (Å²) in [5, 5.41) is 14.5. The lowest BCUT2D eigenvalue weighted by molar-refractivity contribution is -0.577. The minimum absolute atomic E-state index is 0.0816. The molecule has 0 unspecified atom stereocenters. The van der Waals surface area contributed by atoms with Crippen LogP contribution in [0.15, 0.2) is 65.4 Å². The number of ether oxygens (including phenoxy) is 1. The summed E-state index contributed by atoms with van der Waals surface area (Å²) in [5.74, 6) is 0.900. The Morgan fingerprint density at radius 1 is 1.19 bits per heavy atom. The van der Waals surface area contributed by atoms with Crippen molar-refractivity contribution >= 4 is 17.1 Å². The molecule has 0 fully saturated rings. The molecule has 6 nitrogen and oxygen atoms in total. The summed E-state index contributed by atoms with van der Waals surface area (Å²) in [5.41, 5.74) is 5.45. The minimum atomic E-state index is 0.0816. The van der Waals surface area contributed by atoms with Crippen LogP contribution >= 0.6 is 0 Å². The van der Waals surface area contributed by atoms with Gasteiger partial charge in [0.1, 0.15) is 17.1 Å². The molecule has 1 aromatic carbocycles. The Morgan fingerprint density at radius 2 is 1.96 bits per heavy atom. The number of aliphatic imine (C=N–C) groups is 1. The van der Waals surface area contributed by atoms with Gasteiger partial charge in [0.2, 0.25) is 17.3 Å². The van der Waals surface area contributed by atoms with Crippen molar-refractivity contribution in [2.75, 3.05) is 7.11 Å². The molecule has 3 heterocycles. The zero-order chi connectivity index (χ0) is 19.0. The number of hydrogen-bond donors (Lipinski definition) is 1. The van der Waals surface area contributed by atoms with Crippen molar-refractivity contribution in [3.63, 3.8) is 0 Å². The van der Waals surface area contributed by atoms with Gasteiger partial charge >= 0.3 is 0 Å². The van der Waals surface area contributed by atoms with E-state index in [0.717, 1.165) is 34.0 Å². The molecule has 6 heteroatoms. The number of pyridine rings is 1. The van der Waals surface area contributed by atoms with Crippen LogP contribution in [0.4, 0.5) is 5.69 Å². The number of methoxy groups -OCH3 is 1. The standard InChI is InChI=1S/C21H20N4O2/c1-4-25-21(26)17(13-22-25)23-19-14(2)20(24-12-6-5-7-18(19)24)15-8-10-16(27-3)11-9-15/h5-13H,4H2,1-3H3/p+1. The van der Waals surface area contributed by atoms with Crippen LogP contribution in [0.3, 0.4) is 0 Å². The number of allylic oxidation sites excluding steroid dienone is 1. The third kappa shape index (κ3) is 2.79. The van der Waals surface area contributed by atoms with Gasteiger partial charge in [-0.1, -0.05) is 0 Å². The predicted molar refractivity (Wildman–Crippen MR) is 103 cm³/mol. The van der Waals surface area contributed by atoms with Gasteiger partial charge in [0.15, 0.2) is 6.20 Å². The SMILES string of the molecule is CCn1ncc(/N=C2\C(C)=C(c3ccc(OC)cc3)[n+]3ccccc32)c1O. The topological polar surface area (TPSA) is 63.5 Å². The first-order chi connectivity index (χ1) is 13.1. The van der Waals surface area contributed by atoms with E-state index < -0.39 is 0 Å². The summed E-state index contributed by atoms with van der Waals surface area (Å²) >= 11 is 0. The van der Waals surface area contributed by atoms with E-state index >= 15 is 0 Å². The van der Waals surface area contributed by atoms with Gasteiger partial charge in [0.25, 0.3) is 0 Å². The van der Waals surface area contributed by atoms with Crippen LogP contribution in [0.5, 0.6) is 11.6 Å². The molecule has 27 heavy (non-hydrogen) atoms. The first-order valence-electron chi connectivity index (χ1n) is 8.84. The first kappa shape index (κ1) is 17.0. The van der Waals surface area contributed by atoms with E-state index in [1.165, 1.54) is 4.68 Å². The summed E-state index contributed by atoms with van der Waals surface area (Å²) in [6.07, 6.45) is 3.62. The van der Waals surface area contributed by atoms with Crippen molar-refractivity contribution in [2.24, 2.45) is 4.99 Å². The van der Waals surface area contributed by atoms with Gasteiger partial charge in [0.05, 0.1) is 18.9 Å². The highest BCUT2D eigenvalue weighted by Crippen LogP contribution is 2.31. The molecule has 0 aliphatic carbocycles. The molecule has 1 aliphatic heterocycles. The van der Waals surface area contributed by atoms with Gasteiger partial charge in [-0.2, -0.15) is 9.67 Å². The monoisotopic (exact) mass is 361 g/mol. The molecule has 136 valence electrons. The van der Waals surface area contributed by atoms with Crippen LogP contribution < -0.4 is 9.30 Å². The molecule has 4 rings (SSSR count). The molecule has 0 spiro atoms. The molecular weight excluding hydrogens is 340 g/mol. The zero-order valence-corrected chi connectivity index (χ0v) is 15.5. The van der Waals surface area contributed by atoms with E-state index in [1.807, 2.05) is 62.5 Å². The molecule has 0 radical (unpaired) electrons. The fourth-order valence-electron chi connectivity index (χ4n) is 3.36. The second-order valence-corrected chi connectivity index (χ2v) is 6.29. The van der Waals surface area contributed by atoms with Crippen molar-refractivity contribution in [1.82, 2.24) is 9.78 Å². The second-order valence-electron chi connectivity index (χ2n) is 6.29. The van der Waals surface area contributed by atoms with Crippen molar-refractivity contribution < 1.29 is 14.4 Å². The average Bonchev–Trinajstić information content (AvgIpc) is 3.20. The number of fused-ring (bicyclic) bond motifs is 1. The molecule has 1 aliphatic rings. The Balaban J connectivity index is 1.88. The summed E-state index contributed by atoms with van der Waals surface area (Å²) in [6, 6.07) is 14.0. The molecule has 1 N–H and O–H groups in total. The van der Waals surface area contributed by atoms with Gasteiger partial charge in [-0.05, 0) is 44.2 Å². The van der Waals surface area contributed by atoms with Crippen molar-refractivity contribution in [2.45, 2.75) is 20.4 Å². The van der Waals surface area contributed by atoms with Crippen LogP contribution in [-0.4, -0.2) is 27.7 Å². The predicted octanol–water partition coefficient (Wildman–Crippen LogP) is 3.32. The lowest BCUT2D eigenvalue weighted by Gasteiger charge is -2.02. The van der Waals surface area contributed by atoms with Gasteiger partial charge in [-0.15, -0.1) is 0 Å². The third-order valence-corrected chi connectivity index (χ3v) is 4.74. The lowest BCUT2D eigenvalue weighted by Crippen LogP contribution is -2.34. The van der Waals surface area contributed by atoms with E-state index in [-0.39, 0.29) is 5.88 Å². The second kappa shape index (κ2) is 6.72. The van der Waals surface area contributed by atoms with E-state index in [4.69, 9.17) is 9.73 Å². The summed E-state index contributed by atoms with van der Waals surface area (Å²) in [4.78, 5) is 4.74. The number of rotatable bonds is 4. The van der Waals surface area contributed by atoms with Gasteiger partial charge < -0.3 is 9.84 Å². The van der Waals surface area contributed by atoms with E-state index in [1.54, 1.807) is 13.3 Å². The van der Waals surface area contributed by atoms with E-state index in [0.29, 0.717) is 12.2 Å². The number of hydrogen-bond acceptors (Lipinski definition) is 4. The molecule has 0 atom stereocenters. The van der Waals surface area contributed by atoms with Crippen molar-refractivity contribution in [1.29, 1.82) is 0 Å². The average molecular weight is 361 g/mol. The highest BCUT2D eigenvalue weighted by molar-refractivity contribution is 6.17.